The Balaban J connectivity index is 1.88. The number of allylic oxidation sites excluding steroid dienone is 4. The van der Waals surface area contributed by atoms with E-state index in [1.54, 1.807) is 13.8 Å². The molecule has 3 saturated carbocycles. The second kappa shape index (κ2) is 6.83. The lowest BCUT2D eigenvalue weighted by Gasteiger charge is -2.62. The molecule has 2 N–H and O–H groups in total. The molecule has 9 atom stereocenters. The van der Waals surface area contributed by atoms with E-state index in [-0.39, 0.29) is 24.8 Å². The number of rotatable bonds is 3. The average Bonchev–Trinajstić information content (AvgIpc) is 2.93. The quantitative estimate of drug-likeness (QED) is 0.506. The lowest BCUT2D eigenvalue weighted by Crippen LogP contribution is -2.71. The predicted molar refractivity (Wildman–Crippen MR) is 110 cm³/mol. The van der Waals surface area contributed by atoms with Crippen LogP contribution in [0.2, 0.25) is 0 Å². The Hall–Kier alpha value is -2.35. The molecule has 0 radical (unpaired) electrons. The molecule has 0 aromatic carbocycles. The summed E-state index contributed by atoms with van der Waals surface area (Å²) in [5.41, 5.74) is -7.24. The number of carbonyl (C=O) groups is 3. The van der Waals surface area contributed by atoms with Crippen LogP contribution in [0.3, 0.4) is 0 Å². The fourth-order valence-electron chi connectivity index (χ4n) is 7.44. The lowest BCUT2D eigenvalue weighted by atomic mass is 9.44. The van der Waals surface area contributed by atoms with Crippen LogP contribution in [-0.4, -0.2) is 51.5 Å². The molecule has 6 nitrogen and oxygen atoms in total. The fraction of sp³-hybridized carbons (Fsp3) is 0.625. The van der Waals surface area contributed by atoms with Gasteiger partial charge in [0.15, 0.2) is 11.5 Å². The van der Waals surface area contributed by atoms with Crippen LogP contribution in [0.15, 0.2) is 36.5 Å². The molecule has 0 saturated heterocycles. The van der Waals surface area contributed by atoms with Gasteiger partial charge in [-0.05, 0) is 49.8 Å². The Labute approximate surface area is 185 Å². The molecular weight excluding hydrogens is 422 g/mol. The summed E-state index contributed by atoms with van der Waals surface area (Å²) in [6.07, 6.45) is 0.783. The van der Waals surface area contributed by atoms with E-state index in [1.165, 1.54) is 19.1 Å². The molecule has 0 spiro atoms. The molecule has 8 heteroatoms. The number of ether oxygens (including phenoxy) is 1. The molecule has 3 fully saturated rings. The summed E-state index contributed by atoms with van der Waals surface area (Å²) in [5, 5.41) is 21.5. The Morgan fingerprint density at radius 1 is 1.28 bits per heavy atom. The first-order valence-electron chi connectivity index (χ1n) is 10.8. The number of aliphatic carboxylic acids is 1. The topological polar surface area (TPSA) is 101 Å². The molecule has 0 aromatic rings. The van der Waals surface area contributed by atoms with E-state index in [4.69, 9.17) is 4.74 Å². The Morgan fingerprint density at radius 3 is 2.53 bits per heavy atom. The number of hydrogen-bond donors (Lipinski definition) is 2. The van der Waals surface area contributed by atoms with Crippen molar-refractivity contribution in [2.24, 2.45) is 28.6 Å². The summed E-state index contributed by atoms with van der Waals surface area (Å²) in [5.74, 6) is -5.18. The smallest absolute Gasteiger partial charge is 0.349 e. The van der Waals surface area contributed by atoms with Gasteiger partial charge in [-0.15, -0.1) is 0 Å². The van der Waals surface area contributed by atoms with Crippen molar-refractivity contribution in [2.45, 2.75) is 63.6 Å². The number of carbonyl (C=O) groups excluding carboxylic acids is 2. The van der Waals surface area contributed by atoms with E-state index in [2.05, 4.69) is 6.58 Å². The summed E-state index contributed by atoms with van der Waals surface area (Å²) in [6, 6.07) is 0. The highest BCUT2D eigenvalue weighted by Crippen LogP contribution is 2.71. The first-order valence-corrected chi connectivity index (χ1v) is 10.8. The Kier molecular flexibility index (Phi) is 4.87. The van der Waals surface area contributed by atoms with Gasteiger partial charge in [0.25, 0.3) is 0 Å². The fourth-order valence-corrected chi connectivity index (χ4v) is 7.44. The number of halogens is 2. The third-order valence-corrected chi connectivity index (χ3v) is 8.91. The van der Waals surface area contributed by atoms with Gasteiger partial charge in [0.2, 0.25) is 5.60 Å². The maximum absolute atomic E-state index is 17.1. The predicted octanol–water partition coefficient (Wildman–Crippen LogP) is 3.10. The minimum atomic E-state index is -2.32. The molecule has 4 rings (SSSR count). The van der Waals surface area contributed by atoms with Gasteiger partial charge in [-0.2, -0.15) is 0 Å². The van der Waals surface area contributed by atoms with Gasteiger partial charge in [-0.3, -0.25) is 4.79 Å². The Morgan fingerprint density at radius 2 is 1.94 bits per heavy atom. The van der Waals surface area contributed by atoms with Crippen LogP contribution in [0, 0.1) is 28.6 Å². The molecule has 32 heavy (non-hydrogen) atoms. The summed E-state index contributed by atoms with van der Waals surface area (Å²) >= 11 is 0. The zero-order valence-corrected chi connectivity index (χ0v) is 18.3. The van der Waals surface area contributed by atoms with Gasteiger partial charge in [-0.25, -0.2) is 18.4 Å². The molecule has 4 aliphatic rings. The van der Waals surface area contributed by atoms with Crippen LogP contribution in [-0.2, 0) is 19.1 Å². The monoisotopic (exact) mass is 450 g/mol. The van der Waals surface area contributed by atoms with Crippen LogP contribution in [0.25, 0.3) is 0 Å². The minimum absolute atomic E-state index is 0.0000291. The molecule has 4 aliphatic carbocycles. The number of alkyl halides is 2. The zero-order valence-electron chi connectivity index (χ0n) is 18.3. The molecule has 0 aliphatic heterocycles. The highest BCUT2D eigenvalue weighted by atomic mass is 19.1. The number of aliphatic hydroxyl groups is 1. The number of esters is 1. The summed E-state index contributed by atoms with van der Waals surface area (Å²) < 4.78 is 37.9. The first kappa shape index (κ1) is 22.8. The van der Waals surface area contributed by atoms with Gasteiger partial charge in [-0.1, -0.05) is 26.5 Å². The highest BCUT2D eigenvalue weighted by molar-refractivity contribution is 6.01. The van der Waals surface area contributed by atoms with Gasteiger partial charge in [0, 0.05) is 28.7 Å². The second-order valence-corrected chi connectivity index (χ2v) is 10.2. The molecular formula is C24H28F2O6. The minimum Gasteiger partial charge on any atom is -0.478 e. The number of carboxylic acids is 1. The van der Waals surface area contributed by atoms with Crippen molar-refractivity contribution in [3.8, 4) is 0 Å². The number of carboxylic acid groups (broad SMARTS) is 1. The maximum atomic E-state index is 17.1. The van der Waals surface area contributed by atoms with Gasteiger partial charge in [0.05, 0.1) is 6.10 Å². The largest absolute Gasteiger partial charge is 0.478 e. The van der Waals surface area contributed by atoms with E-state index in [0.717, 1.165) is 12.2 Å². The number of hydrogen-bond acceptors (Lipinski definition) is 5. The van der Waals surface area contributed by atoms with E-state index in [9.17, 15) is 24.6 Å². The maximum Gasteiger partial charge on any atom is 0.349 e. The van der Waals surface area contributed by atoms with Crippen LogP contribution >= 0.6 is 0 Å². The van der Waals surface area contributed by atoms with Gasteiger partial charge < -0.3 is 14.9 Å². The third kappa shape index (κ3) is 2.44. The van der Waals surface area contributed by atoms with Crippen LogP contribution in [0.1, 0.15) is 40.0 Å². The van der Waals surface area contributed by atoms with Crippen molar-refractivity contribution in [2.75, 3.05) is 0 Å². The van der Waals surface area contributed by atoms with Crippen molar-refractivity contribution in [3.63, 3.8) is 0 Å². The van der Waals surface area contributed by atoms with Crippen LogP contribution < -0.4 is 0 Å². The summed E-state index contributed by atoms with van der Waals surface area (Å²) in [4.78, 5) is 36.6. The van der Waals surface area contributed by atoms with Crippen molar-refractivity contribution < 1.29 is 38.1 Å². The summed E-state index contributed by atoms with van der Waals surface area (Å²) in [6.45, 7) is 8.01. The molecule has 174 valence electrons. The van der Waals surface area contributed by atoms with Crippen LogP contribution in [0.5, 0.6) is 0 Å². The summed E-state index contributed by atoms with van der Waals surface area (Å²) in [7, 11) is 0. The third-order valence-electron chi connectivity index (χ3n) is 8.91. The molecule has 0 bridgehead atoms. The highest BCUT2D eigenvalue weighted by Gasteiger charge is 2.78. The molecule has 0 heterocycles. The van der Waals surface area contributed by atoms with Gasteiger partial charge >= 0.3 is 11.9 Å². The van der Waals surface area contributed by atoms with Gasteiger partial charge in [0.1, 0.15) is 6.17 Å². The van der Waals surface area contributed by atoms with Crippen molar-refractivity contribution in [1.82, 2.24) is 0 Å². The molecule has 0 aromatic heterocycles. The van der Waals surface area contributed by atoms with E-state index in [0.29, 0.717) is 0 Å². The van der Waals surface area contributed by atoms with Crippen molar-refractivity contribution >= 4 is 17.7 Å². The number of aliphatic hydroxyl groups excluding tert-OH is 1. The van der Waals surface area contributed by atoms with E-state index >= 15 is 8.78 Å². The average molecular weight is 450 g/mol. The standard InChI is InChI=1S/C24H28F2O6/c1-5-19(29)32-24(20(30)31)12(2)8-14-15-10-17(25)16-9-13(27)6-7-21(16,3)23(15,26)18(28)11-22(14,24)4/h5-7,9,12,14-15,17-18,28H,1,8,10-11H2,2-4H3,(H,30,31)/t12-,14?,15?,17+,18+,21+,22+,23+,24+/m1/s1. The SMILES string of the molecule is C=CC(=O)O[C@]1(C(=O)O)[C@H](C)CC2C3C[C@H](F)C4=CC(=O)C=C[C@]4(C)[C@@]3(F)[C@@H](O)C[C@@]21C. The first-order chi connectivity index (χ1) is 14.8. The van der Waals surface area contributed by atoms with E-state index in [1.807, 2.05) is 0 Å². The second-order valence-electron chi connectivity index (χ2n) is 10.2. The number of fused-ring (bicyclic) bond motifs is 5. The molecule has 0 amide bonds. The Bertz CT molecular complexity index is 974. The van der Waals surface area contributed by atoms with Crippen molar-refractivity contribution in [3.05, 3.63) is 36.5 Å². The zero-order chi connectivity index (χ0) is 23.9. The van der Waals surface area contributed by atoms with Crippen molar-refractivity contribution in [1.29, 1.82) is 0 Å². The normalized spacial score (nSPS) is 49.4. The lowest BCUT2D eigenvalue weighted by molar-refractivity contribution is -0.235. The van der Waals surface area contributed by atoms with E-state index < -0.39 is 69.9 Å². The molecule has 2 unspecified atom stereocenters. The number of ketones is 1. The van der Waals surface area contributed by atoms with Crippen LogP contribution in [0.4, 0.5) is 8.78 Å².